The minimum absolute atomic E-state index is 0.285. The second-order valence-electron chi connectivity index (χ2n) is 7.98. The van der Waals surface area contributed by atoms with Crippen LogP contribution in [0.1, 0.15) is 44.1 Å². The number of benzene rings is 1. The van der Waals surface area contributed by atoms with Gasteiger partial charge in [0.15, 0.2) is 17.5 Å². The number of nitrogens with one attached hydrogen (secondary N) is 2. The zero-order chi connectivity index (χ0) is 21.0. The number of hydrogen-bond donors (Lipinski definition) is 2. The van der Waals surface area contributed by atoms with Crippen LogP contribution in [-0.2, 0) is 16.0 Å². The van der Waals surface area contributed by atoms with Crippen LogP contribution in [0.25, 0.3) is 0 Å². The molecule has 1 heterocycles. The number of nitrogens with zero attached hydrogens (tertiary/aromatic N) is 1. The fraction of sp³-hybridized carbons (Fsp3) is 0.696. The van der Waals surface area contributed by atoms with Gasteiger partial charge >= 0.3 is 0 Å². The first kappa shape index (κ1) is 22.7. The average molecular weight is 420 g/mol. The lowest BCUT2D eigenvalue weighted by Gasteiger charge is -2.20. The molecule has 7 heteroatoms. The van der Waals surface area contributed by atoms with E-state index in [0.717, 1.165) is 81.7 Å². The van der Waals surface area contributed by atoms with Crippen molar-refractivity contribution in [1.29, 1.82) is 0 Å². The normalized spacial score (nSPS) is 19.8. The fourth-order valence-corrected chi connectivity index (χ4v) is 3.91. The van der Waals surface area contributed by atoms with Crippen molar-refractivity contribution in [2.24, 2.45) is 10.9 Å². The average Bonchev–Trinajstić information content (AvgIpc) is 3.47. The second kappa shape index (κ2) is 12.6. The summed E-state index contributed by atoms with van der Waals surface area (Å²) in [6, 6.07) is 6.03. The molecule has 1 saturated heterocycles. The number of guanidine groups is 1. The molecule has 3 rings (SSSR count). The smallest absolute Gasteiger partial charge is 0.191 e. The molecule has 0 amide bonds. The number of methoxy groups -OCH3 is 1. The molecular weight excluding hydrogens is 382 g/mol. The largest absolute Gasteiger partial charge is 0.493 e. The lowest BCUT2D eigenvalue weighted by molar-refractivity contribution is 0.0888. The van der Waals surface area contributed by atoms with E-state index in [2.05, 4.69) is 21.7 Å². The zero-order valence-corrected chi connectivity index (χ0v) is 18.5. The Balaban J connectivity index is 1.41. The van der Waals surface area contributed by atoms with E-state index in [1.165, 1.54) is 12.8 Å². The molecule has 2 aliphatic rings. The molecule has 1 aliphatic carbocycles. The molecule has 1 atom stereocenters. The molecule has 0 bridgehead atoms. The summed E-state index contributed by atoms with van der Waals surface area (Å²) in [4.78, 5) is 4.32. The van der Waals surface area contributed by atoms with Crippen molar-refractivity contribution in [3.63, 3.8) is 0 Å². The van der Waals surface area contributed by atoms with E-state index < -0.39 is 0 Å². The third-order valence-corrected chi connectivity index (χ3v) is 5.67. The van der Waals surface area contributed by atoms with Crippen LogP contribution in [0.5, 0.6) is 11.5 Å². The first-order chi connectivity index (χ1) is 14.8. The van der Waals surface area contributed by atoms with Crippen LogP contribution in [0.4, 0.5) is 0 Å². The van der Waals surface area contributed by atoms with E-state index in [-0.39, 0.29) is 6.10 Å². The Hall–Kier alpha value is -1.99. The highest BCUT2D eigenvalue weighted by molar-refractivity contribution is 5.79. The van der Waals surface area contributed by atoms with Gasteiger partial charge in [-0.2, -0.15) is 0 Å². The molecule has 0 spiro atoms. The summed E-state index contributed by atoms with van der Waals surface area (Å²) >= 11 is 0. The highest BCUT2D eigenvalue weighted by Gasteiger charge is 2.20. The minimum Gasteiger partial charge on any atom is -0.493 e. The zero-order valence-electron chi connectivity index (χ0n) is 18.5. The highest BCUT2D eigenvalue weighted by atomic mass is 16.5. The third kappa shape index (κ3) is 7.06. The SMILES string of the molecule is CN=C(NCCCOCC1CCOC1)NCc1cccc(OC)c1OC1CCCC1. The quantitative estimate of drug-likeness (QED) is 0.326. The van der Waals surface area contributed by atoms with Gasteiger partial charge in [-0.25, -0.2) is 0 Å². The van der Waals surface area contributed by atoms with Crippen LogP contribution in [0.3, 0.4) is 0 Å². The van der Waals surface area contributed by atoms with Gasteiger partial charge in [-0.05, 0) is 44.6 Å². The summed E-state index contributed by atoms with van der Waals surface area (Å²) in [6.45, 7) is 4.69. The summed E-state index contributed by atoms with van der Waals surface area (Å²) in [6.07, 6.45) is 7.04. The Bertz CT molecular complexity index is 656. The molecule has 2 fully saturated rings. The van der Waals surface area contributed by atoms with E-state index in [9.17, 15) is 0 Å². The van der Waals surface area contributed by atoms with Crippen molar-refractivity contribution in [2.45, 2.75) is 51.2 Å². The summed E-state index contributed by atoms with van der Waals surface area (Å²) < 4.78 is 23.0. The van der Waals surface area contributed by atoms with E-state index >= 15 is 0 Å². The molecule has 30 heavy (non-hydrogen) atoms. The summed E-state index contributed by atoms with van der Waals surface area (Å²) in [5, 5.41) is 6.74. The van der Waals surface area contributed by atoms with Crippen LogP contribution in [0.15, 0.2) is 23.2 Å². The van der Waals surface area contributed by atoms with Gasteiger partial charge in [-0.15, -0.1) is 0 Å². The first-order valence-electron chi connectivity index (χ1n) is 11.2. The van der Waals surface area contributed by atoms with E-state index in [1.807, 2.05) is 12.1 Å². The van der Waals surface area contributed by atoms with E-state index in [4.69, 9.17) is 18.9 Å². The van der Waals surface area contributed by atoms with Crippen molar-refractivity contribution < 1.29 is 18.9 Å². The molecule has 1 aliphatic heterocycles. The van der Waals surface area contributed by atoms with Gasteiger partial charge in [0.25, 0.3) is 0 Å². The number of hydrogen-bond acceptors (Lipinski definition) is 5. The Morgan fingerprint density at radius 1 is 1.20 bits per heavy atom. The monoisotopic (exact) mass is 419 g/mol. The fourth-order valence-electron chi connectivity index (χ4n) is 3.91. The van der Waals surface area contributed by atoms with Crippen LogP contribution < -0.4 is 20.1 Å². The van der Waals surface area contributed by atoms with Gasteiger partial charge in [0, 0.05) is 44.8 Å². The van der Waals surface area contributed by atoms with Crippen LogP contribution >= 0.6 is 0 Å². The molecule has 1 aromatic carbocycles. The number of para-hydroxylation sites is 1. The summed E-state index contributed by atoms with van der Waals surface area (Å²) in [7, 11) is 3.48. The molecule has 1 saturated carbocycles. The maximum Gasteiger partial charge on any atom is 0.191 e. The Morgan fingerprint density at radius 2 is 2.07 bits per heavy atom. The van der Waals surface area contributed by atoms with Gasteiger partial charge in [0.05, 0.1) is 26.4 Å². The van der Waals surface area contributed by atoms with Crippen molar-refractivity contribution in [1.82, 2.24) is 10.6 Å². The molecular formula is C23H37N3O4. The minimum atomic E-state index is 0.285. The van der Waals surface area contributed by atoms with Gasteiger partial charge in [0.1, 0.15) is 0 Å². The van der Waals surface area contributed by atoms with Crippen LogP contribution in [0.2, 0.25) is 0 Å². The van der Waals surface area contributed by atoms with E-state index in [1.54, 1.807) is 14.2 Å². The second-order valence-corrected chi connectivity index (χ2v) is 7.98. The van der Waals surface area contributed by atoms with Gasteiger partial charge in [0.2, 0.25) is 0 Å². The van der Waals surface area contributed by atoms with Crippen molar-refractivity contribution in [3.05, 3.63) is 23.8 Å². The number of aliphatic imine (C=N–C) groups is 1. The molecule has 1 unspecified atom stereocenters. The van der Waals surface area contributed by atoms with Crippen molar-refractivity contribution in [3.8, 4) is 11.5 Å². The number of ether oxygens (including phenoxy) is 4. The van der Waals surface area contributed by atoms with E-state index in [0.29, 0.717) is 12.5 Å². The molecule has 168 valence electrons. The van der Waals surface area contributed by atoms with Gasteiger partial charge < -0.3 is 29.6 Å². The predicted octanol–water partition coefficient (Wildman–Crippen LogP) is 3.12. The third-order valence-electron chi connectivity index (χ3n) is 5.67. The summed E-state index contributed by atoms with van der Waals surface area (Å²) in [5.74, 6) is 2.97. The van der Waals surface area contributed by atoms with Crippen LogP contribution in [-0.4, -0.2) is 59.2 Å². The maximum absolute atomic E-state index is 6.31. The maximum atomic E-state index is 6.31. The Kier molecular flexibility index (Phi) is 9.57. The summed E-state index contributed by atoms with van der Waals surface area (Å²) in [5.41, 5.74) is 1.08. The number of rotatable bonds is 11. The van der Waals surface area contributed by atoms with Crippen LogP contribution in [0, 0.1) is 5.92 Å². The molecule has 0 radical (unpaired) electrons. The molecule has 0 aromatic heterocycles. The Labute approximate surface area is 180 Å². The molecule has 7 nitrogen and oxygen atoms in total. The molecule has 2 N–H and O–H groups in total. The van der Waals surface area contributed by atoms with Crippen molar-refractivity contribution in [2.75, 3.05) is 47.1 Å². The lowest BCUT2D eigenvalue weighted by atomic mass is 10.1. The van der Waals surface area contributed by atoms with Gasteiger partial charge in [-0.1, -0.05) is 12.1 Å². The Morgan fingerprint density at radius 3 is 2.80 bits per heavy atom. The topological polar surface area (TPSA) is 73.3 Å². The van der Waals surface area contributed by atoms with Gasteiger partial charge in [-0.3, -0.25) is 4.99 Å². The first-order valence-corrected chi connectivity index (χ1v) is 11.2. The lowest BCUT2D eigenvalue weighted by Crippen LogP contribution is -2.37. The van der Waals surface area contributed by atoms with Crippen molar-refractivity contribution >= 4 is 5.96 Å². The predicted molar refractivity (Wildman–Crippen MR) is 118 cm³/mol. The standard InChI is InChI=1S/C23H37N3O4/c1-24-23(25-12-6-13-28-16-18-11-14-29-17-18)26-15-19-7-5-10-21(27-2)22(19)30-20-8-3-4-9-20/h5,7,10,18,20H,3-4,6,8-9,11-17H2,1-2H3,(H2,24,25,26). The highest BCUT2D eigenvalue weighted by Crippen LogP contribution is 2.34. The molecule has 1 aromatic rings.